The number of carbonyl (C=O) groups excluding carboxylic acids is 1. The molecule has 25 heavy (non-hydrogen) atoms. The van der Waals surface area contributed by atoms with Crippen LogP contribution in [0.3, 0.4) is 0 Å². The Morgan fingerprint density at radius 1 is 0.800 bits per heavy atom. The number of anilines is 3. The van der Waals surface area contributed by atoms with Crippen molar-refractivity contribution >= 4 is 23.0 Å². The molecule has 1 amide bonds. The van der Waals surface area contributed by atoms with Gasteiger partial charge in [0.25, 0.3) is 5.91 Å². The van der Waals surface area contributed by atoms with Gasteiger partial charge >= 0.3 is 0 Å². The summed E-state index contributed by atoms with van der Waals surface area (Å²) in [6, 6.07) is 22.5. The minimum atomic E-state index is -0.208. The lowest BCUT2D eigenvalue weighted by Crippen LogP contribution is -2.13. The van der Waals surface area contributed by atoms with Crippen molar-refractivity contribution in [1.29, 1.82) is 0 Å². The maximum Gasteiger partial charge on any atom is 0.255 e. The molecule has 0 unspecified atom stereocenters. The molecule has 0 aromatic heterocycles. The molecule has 0 saturated heterocycles. The van der Waals surface area contributed by atoms with Gasteiger partial charge < -0.3 is 20.1 Å². The molecular weight excluding hydrogens is 316 g/mol. The zero-order valence-electron chi connectivity index (χ0n) is 13.4. The molecule has 5 heteroatoms. The van der Waals surface area contributed by atoms with Crippen molar-refractivity contribution in [3.05, 3.63) is 78.4 Å². The Kier molecular flexibility index (Phi) is 3.96. The second-order valence-corrected chi connectivity index (χ2v) is 5.56. The van der Waals surface area contributed by atoms with E-state index in [1.165, 1.54) is 0 Å². The van der Waals surface area contributed by atoms with Gasteiger partial charge in [-0.2, -0.15) is 0 Å². The molecule has 0 atom stereocenters. The number of hydrogen-bond donors (Lipinski definition) is 2. The van der Waals surface area contributed by atoms with Gasteiger partial charge in [0.1, 0.15) is 0 Å². The van der Waals surface area contributed by atoms with Gasteiger partial charge in [-0.05, 0) is 42.5 Å². The fraction of sp³-hybridized carbons (Fsp3) is 0.0500. The minimum Gasteiger partial charge on any atom is -0.454 e. The monoisotopic (exact) mass is 332 g/mol. The molecular formula is C20H16N2O3. The summed E-state index contributed by atoms with van der Waals surface area (Å²) in [5.41, 5.74) is 2.99. The smallest absolute Gasteiger partial charge is 0.255 e. The minimum absolute atomic E-state index is 0.185. The van der Waals surface area contributed by atoms with Crippen LogP contribution in [0, 0.1) is 0 Å². The van der Waals surface area contributed by atoms with E-state index in [-0.39, 0.29) is 12.7 Å². The van der Waals surface area contributed by atoms with Crippen LogP contribution in [0.5, 0.6) is 11.5 Å². The van der Waals surface area contributed by atoms with Crippen LogP contribution in [0.1, 0.15) is 10.4 Å². The van der Waals surface area contributed by atoms with E-state index < -0.39 is 0 Å². The van der Waals surface area contributed by atoms with Gasteiger partial charge in [0.05, 0.1) is 11.4 Å². The molecule has 0 bridgehead atoms. The van der Waals surface area contributed by atoms with Crippen LogP contribution in [-0.4, -0.2) is 12.7 Å². The zero-order chi connectivity index (χ0) is 17.1. The van der Waals surface area contributed by atoms with Gasteiger partial charge in [-0.1, -0.05) is 30.3 Å². The topological polar surface area (TPSA) is 59.6 Å². The van der Waals surface area contributed by atoms with Crippen molar-refractivity contribution in [2.24, 2.45) is 0 Å². The molecule has 1 aliphatic rings. The number of fused-ring (bicyclic) bond motifs is 1. The van der Waals surface area contributed by atoms with Gasteiger partial charge in [0, 0.05) is 11.3 Å². The van der Waals surface area contributed by atoms with Gasteiger partial charge in [-0.15, -0.1) is 0 Å². The molecule has 0 aliphatic carbocycles. The lowest BCUT2D eigenvalue weighted by molar-refractivity contribution is 0.102. The summed E-state index contributed by atoms with van der Waals surface area (Å²) in [6.45, 7) is 0.185. The average Bonchev–Trinajstić information content (AvgIpc) is 3.12. The Labute approximate surface area is 145 Å². The van der Waals surface area contributed by atoms with Crippen LogP contribution in [0.2, 0.25) is 0 Å². The molecule has 1 aliphatic heterocycles. The van der Waals surface area contributed by atoms with Crippen molar-refractivity contribution in [2.75, 3.05) is 17.4 Å². The normalized spacial score (nSPS) is 11.8. The molecule has 0 radical (unpaired) electrons. The fourth-order valence-electron chi connectivity index (χ4n) is 2.61. The standard InChI is InChI=1S/C20H16N2O3/c23-20(14-10-11-18-19(12-14)25-13-24-18)22-17-9-5-4-8-16(17)21-15-6-2-1-3-7-15/h1-12,21H,13H2,(H,22,23). The summed E-state index contributed by atoms with van der Waals surface area (Å²) >= 11 is 0. The van der Waals surface area contributed by atoms with Crippen molar-refractivity contribution in [3.63, 3.8) is 0 Å². The number of hydrogen-bond acceptors (Lipinski definition) is 4. The number of carbonyl (C=O) groups is 1. The van der Waals surface area contributed by atoms with Crippen LogP contribution in [0.4, 0.5) is 17.1 Å². The maximum absolute atomic E-state index is 12.6. The summed E-state index contributed by atoms with van der Waals surface area (Å²) in [6.07, 6.45) is 0. The van der Waals surface area contributed by atoms with Crippen molar-refractivity contribution in [2.45, 2.75) is 0 Å². The Morgan fingerprint density at radius 2 is 1.52 bits per heavy atom. The second kappa shape index (κ2) is 6.57. The molecule has 3 aromatic rings. The Balaban J connectivity index is 1.55. The summed E-state index contributed by atoms with van der Waals surface area (Å²) in [7, 11) is 0. The average molecular weight is 332 g/mol. The zero-order valence-corrected chi connectivity index (χ0v) is 13.4. The van der Waals surface area contributed by atoms with E-state index in [2.05, 4.69) is 10.6 Å². The predicted octanol–water partition coefficient (Wildman–Crippen LogP) is 4.41. The Morgan fingerprint density at radius 3 is 2.36 bits per heavy atom. The third kappa shape index (κ3) is 3.26. The molecule has 2 N–H and O–H groups in total. The number of amides is 1. The molecule has 3 aromatic carbocycles. The van der Waals surface area contributed by atoms with Crippen LogP contribution in [-0.2, 0) is 0 Å². The molecule has 0 spiro atoms. The van der Waals surface area contributed by atoms with Crippen LogP contribution < -0.4 is 20.1 Å². The summed E-state index contributed by atoms with van der Waals surface area (Å²) < 4.78 is 10.6. The van der Waals surface area contributed by atoms with E-state index in [0.717, 1.165) is 11.4 Å². The molecule has 0 fully saturated rings. The van der Waals surface area contributed by atoms with Crippen LogP contribution in [0.25, 0.3) is 0 Å². The first-order valence-electron chi connectivity index (χ1n) is 7.92. The second-order valence-electron chi connectivity index (χ2n) is 5.56. The maximum atomic E-state index is 12.6. The van der Waals surface area contributed by atoms with E-state index >= 15 is 0 Å². The van der Waals surface area contributed by atoms with Crippen LogP contribution >= 0.6 is 0 Å². The lowest BCUT2D eigenvalue weighted by Gasteiger charge is -2.13. The first-order valence-corrected chi connectivity index (χ1v) is 7.92. The summed E-state index contributed by atoms with van der Waals surface area (Å²) in [4.78, 5) is 12.6. The molecule has 4 rings (SSSR count). The van der Waals surface area contributed by atoms with E-state index in [1.807, 2.05) is 54.6 Å². The molecule has 124 valence electrons. The van der Waals surface area contributed by atoms with Gasteiger partial charge in [-0.25, -0.2) is 0 Å². The quantitative estimate of drug-likeness (QED) is 0.743. The number of rotatable bonds is 4. The summed E-state index contributed by atoms with van der Waals surface area (Å²) in [5, 5.41) is 6.25. The highest BCUT2D eigenvalue weighted by atomic mass is 16.7. The Bertz CT molecular complexity index is 910. The SMILES string of the molecule is O=C(Nc1ccccc1Nc1ccccc1)c1ccc2c(c1)OCO2. The molecule has 0 saturated carbocycles. The Hall–Kier alpha value is -3.47. The first kappa shape index (κ1) is 15.1. The summed E-state index contributed by atoms with van der Waals surface area (Å²) in [5.74, 6) is 1.03. The van der Waals surface area contributed by atoms with Crippen molar-refractivity contribution in [3.8, 4) is 11.5 Å². The van der Waals surface area contributed by atoms with Gasteiger partial charge in [0.15, 0.2) is 11.5 Å². The van der Waals surface area contributed by atoms with Crippen molar-refractivity contribution in [1.82, 2.24) is 0 Å². The van der Waals surface area contributed by atoms with Crippen LogP contribution in [0.15, 0.2) is 72.8 Å². The third-order valence-electron chi connectivity index (χ3n) is 3.86. The number of para-hydroxylation sites is 3. The first-order chi connectivity index (χ1) is 12.3. The highest BCUT2D eigenvalue weighted by molar-refractivity contribution is 6.06. The number of nitrogens with one attached hydrogen (secondary N) is 2. The van der Waals surface area contributed by atoms with Gasteiger partial charge in [0.2, 0.25) is 6.79 Å². The van der Waals surface area contributed by atoms with E-state index in [0.29, 0.717) is 22.7 Å². The predicted molar refractivity (Wildman–Crippen MR) is 96.7 cm³/mol. The van der Waals surface area contributed by atoms with E-state index in [9.17, 15) is 4.79 Å². The third-order valence-corrected chi connectivity index (χ3v) is 3.86. The van der Waals surface area contributed by atoms with Crippen molar-refractivity contribution < 1.29 is 14.3 Å². The lowest BCUT2D eigenvalue weighted by atomic mass is 10.1. The van der Waals surface area contributed by atoms with E-state index in [4.69, 9.17) is 9.47 Å². The van der Waals surface area contributed by atoms with E-state index in [1.54, 1.807) is 18.2 Å². The van der Waals surface area contributed by atoms with Gasteiger partial charge in [-0.3, -0.25) is 4.79 Å². The number of benzene rings is 3. The number of ether oxygens (including phenoxy) is 2. The highest BCUT2D eigenvalue weighted by Crippen LogP contribution is 2.33. The molecule has 1 heterocycles. The highest BCUT2D eigenvalue weighted by Gasteiger charge is 2.17. The largest absolute Gasteiger partial charge is 0.454 e. The fourth-order valence-corrected chi connectivity index (χ4v) is 2.61. The molecule has 5 nitrogen and oxygen atoms in total.